The molecule has 5 N–H and O–H groups in total. The van der Waals surface area contributed by atoms with Crippen LogP contribution in [0.4, 0.5) is 5.69 Å². The lowest BCUT2D eigenvalue weighted by Crippen LogP contribution is -2.42. The zero-order valence-corrected chi connectivity index (χ0v) is 15.9. The van der Waals surface area contributed by atoms with Crippen LogP contribution in [-0.2, 0) is 19.2 Å². The Labute approximate surface area is 165 Å². The van der Waals surface area contributed by atoms with E-state index >= 15 is 0 Å². The van der Waals surface area contributed by atoms with E-state index in [-0.39, 0.29) is 5.91 Å². The molecule has 1 amide bonds. The molecule has 1 aromatic rings. The number of carbonyl (C=O) groups is 4. The van der Waals surface area contributed by atoms with Gasteiger partial charge in [-0.15, -0.1) is 0 Å². The molecule has 1 aromatic carbocycles. The second-order valence-corrected chi connectivity index (χ2v) is 7.09. The molecule has 0 atom stereocenters. The van der Waals surface area contributed by atoms with Crippen molar-refractivity contribution in [1.29, 1.82) is 0 Å². The molecule has 152 valence electrons. The second kappa shape index (κ2) is 10.5. The van der Waals surface area contributed by atoms with Crippen LogP contribution in [-0.4, -0.2) is 49.8 Å². The van der Waals surface area contributed by atoms with Crippen LogP contribution in [0.1, 0.15) is 32.6 Å². The van der Waals surface area contributed by atoms with Crippen LogP contribution in [0.15, 0.2) is 40.1 Å². The lowest BCUT2D eigenvalue weighted by atomic mass is 9.96. The Balaban J connectivity index is 0.000000284. The predicted molar refractivity (Wildman–Crippen MR) is 101 cm³/mol. The second-order valence-electron chi connectivity index (χ2n) is 5.93. The first kappa shape index (κ1) is 23.2. The normalized spacial score (nSPS) is 13.1. The van der Waals surface area contributed by atoms with E-state index in [0.29, 0.717) is 0 Å². The van der Waals surface area contributed by atoms with Crippen molar-refractivity contribution in [2.24, 2.45) is 0 Å². The van der Waals surface area contributed by atoms with E-state index in [4.69, 9.17) is 20.4 Å². The molecule has 0 aliphatic carbocycles. The molecule has 0 unspecified atom stereocenters. The van der Waals surface area contributed by atoms with Gasteiger partial charge in [0.1, 0.15) is 0 Å². The topological polar surface area (TPSA) is 161 Å². The summed E-state index contributed by atoms with van der Waals surface area (Å²) in [6, 6.07) is 7.90. The van der Waals surface area contributed by atoms with Crippen LogP contribution in [0.5, 0.6) is 0 Å². The predicted octanol–water partition coefficient (Wildman–Crippen LogP) is 2.17. The molecule has 0 spiro atoms. The average Bonchev–Trinajstić information content (AvgIpc) is 2.71. The minimum Gasteiger partial charge on any atom is -0.481 e. The Hall–Kier alpha value is -2.85. The number of carboxylic acid groups (broad SMARTS) is 3. The van der Waals surface area contributed by atoms with E-state index in [0.717, 1.165) is 28.3 Å². The maximum atomic E-state index is 11.5. The highest BCUT2D eigenvalue weighted by molar-refractivity contribution is 8.03. The van der Waals surface area contributed by atoms with Gasteiger partial charge in [0.15, 0.2) is 5.60 Å². The molecular weight excluding hydrogens is 390 g/mol. The van der Waals surface area contributed by atoms with E-state index < -0.39 is 36.4 Å². The monoisotopic (exact) mass is 411 g/mol. The number of rotatable bonds is 7. The van der Waals surface area contributed by atoms with Gasteiger partial charge in [-0.05, 0) is 23.5 Å². The summed E-state index contributed by atoms with van der Waals surface area (Å²) < 4.78 is 0. The number of carbonyl (C=O) groups excluding carboxylic acids is 1. The first-order chi connectivity index (χ1) is 13.1. The standard InChI is InChI=1S/C12H13NOS.C6H8O7/c1-2-5-9-8-12(14)13-10-6-3-4-7-11(10)15-9;7-3(8)1-6(13,5(11)12)2-4(9)10/h3-4,6-8H,2,5H2,1H3,(H,13,14);13H,1-2H2,(H,7,8)(H,9,10)(H,11,12). The minimum absolute atomic E-state index is 0.0177. The number of carboxylic acids is 3. The average molecular weight is 411 g/mol. The van der Waals surface area contributed by atoms with E-state index in [1.165, 1.54) is 0 Å². The number of hydrogen-bond acceptors (Lipinski definition) is 6. The van der Waals surface area contributed by atoms with Crippen molar-refractivity contribution < 1.29 is 39.6 Å². The Morgan fingerprint density at radius 2 is 1.64 bits per heavy atom. The Kier molecular flexibility index (Phi) is 8.68. The summed E-state index contributed by atoms with van der Waals surface area (Å²) in [5.41, 5.74) is -1.83. The van der Waals surface area contributed by atoms with Crippen LogP contribution in [0.3, 0.4) is 0 Å². The van der Waals surface area contributed by atoms with Crippen LogP contribution in [0, 0.1) is 0 Å². The van der Waals surface area contributed by atoms with E-state index in [9.17, 15) is 19.2 Å². The number of hydrogen-bond donors (Lipinski definition) is 5. The van der Waals surface area contributed by atoms with Crippen molar-refractivity contribution in [3.63, 3.8) is 0 Å². The molecule has 0 radical (unpaired) electrons. The molecule has 0 aromatic heterocycles. The minimum atomic E-state index is -2.74. The van der Waals surface area contributed by atoms with Crippen molar-refractivity contribution in [3.05, 3.63) is 35.2 Å². The lowest BCUT2D eigenvalue weighted by molar-refractivity contribution is -0.170. The highest BCUT2D eigenvalue weighted by atomic mass is 32.2. The molecule has 9 nitrogen and oxygen atoms in total. The van der Waals surface area contributed by atoms with Crippen LogP contribution < -0.4 is 5.32 Å². The fourth-order valence-electron chi connectivity index (χ4n) is 2.23. The van der Waals surface area contributed by atoms with Gasteiger partial charge in [-0.25, -0.2) is 4.79 Å². The van der Waals surface area contributed by atoms with Crippen LogP contribution >= 0.6 is 11.8 Å². The highest BCUT2D eigenvalue weighted by Gasteiger charge is 2.40. The summed E-state index contributed by atoms with van der Waals surface area (Å²) in [6.45, 7) is 2.12. The van der Waals surface area contributed by atoms with Gasteiger partial charge < -0.3 is 25.7 Å². The van der Waals surface area contributed by atoms with Crippen molar-refractivity contribution in [3.8, 4) is 0 Å². The Morgan fingerprint density at radius 3 is 2.14 bits per heavy atom. The smallest absolute Gasteiger partial charge is 0.336 e. The molecule has 1 heterocycles. The summed E-state index contributed by atoms with van der Waals surface area (Å²) in [4.78, 5) is 44.3. The van der Waals surface area contributed by atoms with Gasteiger partial charge >= 0.3 is 17.9 Å². The molecule has 0 fully saturated rings. The van der Waals surface area contributed by atoms with Crippen LogP contribution in [0.2, 0.25) is 0 Å². The summed E-state index contributed by atoms with van der Waals surface area (Å²) in [5, 5.41) is 36.7. The van der Waals surface area contributed by atoms with Gasteiger partial charge in [0.05, 0.1) is 18.5 Å². The van der Waals surface area contributed by atoms with Gasteiger partial charge in [-0.3, -0.25) is 14.4 Å². The molecule has 1 aliphatic rings. The number of anilines is 1. The van der Waals surface area contributed by atoms with Crippen molar-refractivity contribution in [2.75, 3.05) is 5.32 Å². The number of benzene rings is 1. The van der Waals surface area contributed by atoms with Gasteiger partial charge in [-0.1, -0.05) is 37.2 Å². The molecule has 0 bridgehead atoms. The van der Waals surface area contributed by atoms with E-state index in [1.807, 2.05) is 24.3 Å². The van der Waals surface area contributed by atoms with Crippen molar-refractivity contribution in [2.45, 2.75) is 43.1 Å². The van der Waals surface area contributed by atoms with Crippen LogP contribution in [0.25, 0.3) is 0 Å². The number of fused-ring (bicyclic) bond motifs is 1. The van der Waals surface area contributed by atoms with Gasteiger partial charge in [-0.2, -0.15) is 0 Å². The lowest BCUT2D eigenvalue weighted by Gasteiger charge is -2.18. The molecule has 10 heteroatoms. The number of para-hydroxylation sites is 1. The maximum absolute atomic E-state index is 11.5. The Morgan fingerprint density at radius 1 is 1.07 bits per heavy atom. The summed E-state index contributed by atoms with van der Waals surface area (Å²) in [5.74, 6) is -5.04. The van der Waals surface area contributed by atoms with E-state index in [2.05, 4.69) is 12.2 Å². The SMILES string of the molecule is CCCC1=CC(=O)Nc2ccccc2S1.O=C(O)CC(O)(CC(=O)O)C(=O)O. The van der Waals surface area contributed by atoms with Gasteiger partial charge in [0.2, 0.25) is 5.91 Å². The quantitative estimate of drug-likeness (QED) is 0.453. The van der Waals surface area contributed by atoms with Crippen molar-refractivity contribution >= 4 is 41.3 Å². The Bertz CT molecular complexity index is 774. The molecule has 2 rings (SSSR count). The first-order valence-electron chi connectivity index (χ1n) is 8.25. The molecular formula is C18H21NO8S. The largest absolute Gasteiger partial charge is 0.481 e. The molecule has 28 heavy (non-hydrogen) atoms. The first-order valence-corrected chi connectivity index (χ1v) is 9.07. The zero-order valence-electron chi connectivity index (χ0n) is 15.0. The maximum Gasteiger partial charge on any atom is 0.336 e. The van der Waals surface area contributed by atoms with Gasteiger partial charge in [0, 0.05) is 11.0 Å². The number of nitrogens with one attached hydrogen (secondary N) is 1. The summed E-state index contributed by atoms with van der Waals surface area (Å²) in [6.07, 6.45) is 1.44. The van der Waals surface area contributed by atoms with Gasteiger partial charge in [0.25, 0.3) is 0 Å². The third-order valence-electron chi connectivity index (χ3n) is 3.46. The third kappa shape index (κ3) is 7.41. The number of aliphatic hydroxyl groups is 1. The molecule has 0 saturated carbocycles. The highest BCUT2D eigenvalue weighted by Crippen LogP contribution is 2.36. The third-order valence-corrected chi connectivity index (χ3v) is 4.62. The number of amides is 1. The zero-order chi connectivity index (χ0) is 21.3. The summed E-state index contributed by atoms with van der Waals surface area (Å²) >= 11 is 1.68. The summed E-state index contributed by atoms with van der Waals surface area (Å²) in [7, 11) is 0. The number of aliphatic carboxylic acids is 3. The number of allylic oxidation sites excluding steroid dienone is 1. The molecule has 1 aliphatic heterocycles. The van der Waals surface area contributed by atoms with E-state index in [1.54, 1.807) is 17.8 Å². The molecule has 0 saturated heterocycles. The van der Waals surface area contributed by atoms with Crippen molar-refractivity contribution in [1.82, 2.24) is 0 Å². The number of thioether (sulfide) groups is 1. The fraction of sp³-hybridized carbons (Fsp3) is 0.333. The fourth-order valence-corrected chi connectivity index (χ4v) is 3.36.